The van der Waals surface area contributed by atoms with Crippen molar-refractivity contribution < 1.29 is 34.4 Å². The molecule has 1 aliphatic rings. The largest absolute Gasteiger partial charge is 0.481 e. The summed E-state index contributed by atoms with van der Waals surface area (Å²) in [5, 5.41) is 26.1. The molecule has 7 nitrogen and oxygen atoms in total. The zero-order valence-corrected chi connectivity index (χ0v) is 9.04. The van der Waals surface area contributed by atoms with Gasteiger partial charge in [0.15, 0.2) is 0 Å². The van der Waals surface area contributed by atoms with Crippen molar-refractivity contribution in [1.29, 1.82) is 0 Å². The Morgan fingerprint density at radius 3 is 1.94 bits per heavy atom. The van der Waals surface area contributed by atoms with E-state index >= 15 is 0 Å². The molecule has 0 radical (unpaired) electrons. The molecule has 1 rings (SSSR count). The van der Waals surface area contributed by atoms with Gasteiger partial charge in [-0.1, -0.05) is 0 Å². The maximum absolute atomic E-state index is 10.7. The molecule has 96 valence electrons. The van der Waals surface area contributed by atoms with Crippen LogP contribution >= 0.6 is 0 Å². The molecule has 7 heteroatoms. The second-order valence-corrected chi connectivity index (χ2v) is 4.09. The minimum atomic E-state index is -1.08. The van der Waals surface area contributed by atoms with Gasteiger partial charge in [0.05, 0.1) is 32.0 Å². The van der Waals surface area contributed by atoms with Crippen LogP contribution in [0.1, 0.15) is 19.3 Å². The van der Waals surface area contributed by atoms with Crippen LogP contribution < -0.4 is 0 Å². The molecular formula is C10H14O7. The van der Waals surface area contributed by atoms with Crippen LogP contribution in [-0.4, -0.2) is 45.9 Å². The summed E-state index contributed by atoms with van der Waals surface area (Å²) < 4.78 is 5.18. The summed E-state index contributed by atoms with van der Waals surface area (Å²) >= 11 is 0. The van der Waals surface area contributed by atoms with Gasteiger partial charge in [-0.3, -0.25) is 14.4 Å². The van der Waals surface area contributed by atoms with Crippen LogP contribution in [0.2, 0.25) is 0 Å². The molecule has 3 unspecified atom stereocenters. The number of carboxylic acid groups (broad SMARTS) is 3. The standard InChI is InChI=1S/C10H14O7/c11-8(12)1-5-4-17-7(3-10(15)16)6(5)2-9(13)14/h5-7H,1-4H2,(H,11,12)(H,13,14)(H,15,16). The van der Waals surface area contributed by atoms with Crippen molar-refractivity contribution in [1.82, 2.24) is 0 Å². The van der Waals surface area contributed by atoms with Gasteiger partial charge < -0.3 is 20.1 Å². The highest BCUT2D eigenvalue weighted by Crippen LogP contribution is 2.34. The SMILES string of the molecule is O=C(O)CC1COC(CC(=O)O)C1CC(=O)O. The van der Waals surface area contributed by atoms with Crippen LogP contribution in [0.15, 0.2) is 0 Å². The van der Waals surface area contributed by atoms with Crippen LogP contribution in [0, 0.1) is 11.8 Å². The molecule has 0 aromatic carbocycles. The van der Waals surface area contributed by atoms with E-state index < -0.39 is 35.8 Å². The van der Waals surface area contributed by atoms with Gasteiger partial charge >= 0.3 is 17.9 Å². The smallest absolute Gasteiger partial charge is 0.305 e. The Balaban J connectivity index is 2.69. The van der Waals surface area contributed by atoms with E-state index in [1.807, 2.05) is 0 Å². The molecular weight excluding hydrogens is 232 g/mol. The average Bonchev–Trinajstić information content (AvgIpc) is 2.47. The molecule has 0 aliphatic carbocycles. The summed E-state index contributed by atoms with van der Waals surface area (Å²) in [6, 6.07) is 0. The summed E-state index contributed by atoms with van der Waals surface area (Å²) in [4.78, 5) is 31.8. The van der Waals surface area contributed by atoms with E-state index in [9.17, 15) is 14.4 Å². The first-order chi connectivity index (χ1) is 7.90. The monoisotopic (exact) mass is 246 g/mol. The highest BCUT2D eigenvalue weighted by atomic mass is 16.5. The Labute approximate surface area is 97.0 Å². The minimum Gasteiger partial charge on any atom is -0.481 e. The van der Waals surface area contributed by atoms with E-state index in [1.165, 1.54) is 0 Å². The van der Waals surface area contributed by atoms with Gasteiger partial charge in [-0.05, 0) is 5.92 Å². The van der Waals surface area contributed by atoms with E-state index in [2.05, 4.69) is 0 Å². The van der Waals surface area contributed by atoms with Gasteiger partial charge in [-0.25, -0.2) is 0 Å². The van der Waals surface area contributed by atoms with E-state index in [0.717, 1.165) is 0 Å². The summed E-state index contributed by atoms with van der Waals surface area (Å²) in [5.41, 5.74) is 0. The summed E-state index contributed by atoms with van der Waals surface area (Å²) in [7, 11) is 0. The number of aliphatic carboxylic acids is 3. The van der Waals surface area contributed by atoms with Crippen LogP contribution in [0.3, 0.4) is 0 Å². The lowest BCUT2D eigenvalue weighted by Crippen LogP contribution is -2.27. The van der Waals surface area contributed by atoms with Gasteiger partial charge in [0, 0.05) is 5.92 Å². The van der Waals surface area contributed by atoms with Crippen molar-refractivity contribution in [2.24, 2.45) is 11.8 Å². The average molecular weight is 246 g/mol. The molecule has 0 amide bonds. The molecule has 1 heterocycles. The maximum atomic E-state index is 10.7. The molecule has 0 saturated carbocycles. The minimum absolute atomic E-state index is 0.0994. The van der Waals surface area contributed by atoms with Crippen LogP contribution in [0.4, 0.5) is 0 Å². The number of hydrogen-bond acceptors (Lipinski definition) is 4. The number of ether oxygens (including phenoxy) is 1. The summed E-state index contributed by atoms with van der Waals surface area (Å²) in [5.74, 6) is -4.19. The molecule has 1 fully saturated rings. The Kier molecular flexibility index (Phi) is 4.45. The maximum Gasteiger partial charge on any atom is 0.305 e. The second-order valence-electron chi connectivity index (χ2n) is 4.09. The molecule has 17 heavy (non-hydrogen) atoms. The van der Waals surface area contributed by atoms with Crippen LogP contribution in [-0.2, 0) is 19.1 Å². The first kappa shape index (κ1) is 13.4. The fourth-order valence-corrected chi connectivity index (χ4v) is 2.11. The van der Waals surface area contributed by atoms with Gasteiger partial charge in [0.25, 0.3) is 0 Å². The van der Waals surface area contributed by atoms with Gasteiger partial charge in [-0.2, -0.15) is 0 Å². The highest BCUT2D eigenvalue weighted by Gasteiger charge is 2.40. The van der Waals surface area contributed by atoms with E-state index in [0.29, 0.717) is 0 Å². The summed E-state index contributed by atoms with van der Waals surface area (Å²) in [6.07, 6.45) is -1.48. The Hall–Kier alpha value is -1.63. The van der Waals surface area contributed by atoms with Crippen LogP contribution in [0.5, 0.6) is 0 Å². The van der Waals surface area contributed by atoms with Crippen molar-refractivity contribution in [3.63, 3.8) is 0 Å². The fraction of sp³-hybridized carbons (Fsp3) is 0.700. The Morgan fingerprint density at radius 1 is 0.941 bits per heavy atom. The topological polar surface area (TPSA) is 121 Å². The lowest BCUT2D eigenvalue weighted by molar-refractivity contribution is -0.143. The summed E-state index contributed by atoms with van der Waals surface area (Å²) in [6.45, 7) is 0.0994. The quantitative estimate of drug-likeness (QED) is 0.605. The second kappa shape index (κ2) is 5.62. The Bertz CT molecular complexity index is 301. The molecule has 0 aromatic rings. The third kappa shape index (κ3) is 4.03. The van der Waals surface area contributed by atoms with Gasteiger partial charge in [-0.15, -0.1) is 0 Å². The number of rotatable bonds is 6. The van der Waals surface area contributed by atoms with Crippen molar-refractivity contribution in [3.8, 4) is 0 Å². The number of hydrogen-bond donors (Lipinski definition) is 3. The molecule has 3 N–H and O–H groups in total. The van der Waals surface area contributed by atoms with Crippen molar-refractivity contribution in [3.05, 3.63) is 0 Å². The first-order valence-electron chi connectivity index (χ1n) is 5.17. The van der Waals surface area contributed by atoms with Crippen molar-refractivity contribution in [2.75, 3.05) is 6.61 Å². The van der Waals surface area contributed by atoms with Gasteiger partial charge in [0.2, 0.25) is 0 Å². The molecule has 0 aromatic heterocycles. The van der Waals surface area contributed by atoms with Gasteiger partial charge in [0.1, 0.15) is 0 Å². The highest BCUT2D eigenvalue weighted by molar-refractivity contribution is 5.70. The third-order valence-electron chi connectivity index (χ3n) is 2.83. The molecule has 0 spiro atoms. The molecule has 1 saturated heterocycles. The fourth-order valence-electron chi connectivity index (χ4n) is 2.11. The first-order valence-corrected chi connectivity index (χ1v) is 5.17. The molecule has 1 aliphatic heterocycles. The normalized spacial score (nSPS) is 27.9. The predicted molar refractivity (Wildman–Crippen MR) is 53.5 cm³/mol. The lowest BCUT2D eigenvalue weighted by atomic mass is 9.84. The third-order valence-corrected chi connectivity index (χ3v) is 2.83. The van der Waals surface area contributed by atoms with Crippen LogP contribution in [0.25, 0.3) is 0 Å². The predicted octanol–water partition coefficient (Wildman–Crippen LogP) is 0.0417. The van der Waals surface area contributed by atoms with E-state index in [4.69, 9.17) is 20.1 Å². The number of carboxylic acids is 3. The Morgan fingerprint density at radius 2 is 1.47 bits per heavy atom. The van der Waals surface area contributed by atoms with Crippen molar-refractivity contribution in [2.45, 2.75) is 25.4 Å². The van der Waals surface area contributed by atoms with Crippen molar-refractivity contribution >= 4 is 17.9 Å². The van der Waals surface area contributed by atoms with E-state index in [-0.39, 0.29) is 25.9 Å². The zero-order valence-electron chi connectivity index (χ0n) is 9.04. The zero-order chi connectivity index (χ0) is 13.0. The molecule has 0 bridgehead atoms. The number of carbonyl (C=O) groups is 3. The lowest BCUT2D eigenvalue weighted by Gasteiger charge is -2.18. The molecule has 3 atom stereocenters. The van der Waals surface area contributed by atoms with E-state index in [1.54, 1.807) is 0 Å².